The fraction of sp³-hybridized carbons (Fsp3) is 0.120. The van der Waals surface area contributed by atoms with Gasteiger partial charge in [-0.05, 0) is 66.6 Å². The molecule has 0 radical (unpaired) electrons. The molecule has 0 spiro atoms. The molecular formula is C25H19ClN2O3S. The molecule has 0 bridgehead atoms. The first kappa shape index (κ1) is 20.7. The first-order chi connectivity index (χ1) is 15.5. The summed E-state index contributed by atoms with van der Waals surface area (Å²) in [4.78, 5) is 17.0. The number of benzene rings is 3. The quantitative estimate of drug-likeness (QED) is 0.223. The van der Waals surface area contributed by atoms with Gasteiger partial charge in [0.2, 0.25) is 0 Å². The average Bonchev–Trinajstić information content (AvgIpc) is 3.17. The maximum absolute atomic E-state index is 12.2. The van der Waals surface area contributed by atoms with Gasteiger partial charge in [-0.2, -0.15) is 0 Å². The average molecular weight is 463 g/mol. The Bertz CT molecular complexity index is 1510. The summed E-state index contributed by atoms with van der Waals surface area (Å²) in [5.74, 6) is 1.34. The summed E-state index contributed by atoms with van der Waals surface area (Å²) in [6, 6.07) is 21.1. The predicted molar refractivity (Wildman–Crippen MR) is 129 cm³/mol. The lowest BCUT2D eigenvalue weighted by Crippen LogP contribution is -2.01. The number of methoxy groups -OCH3 is 1. The van der Waals surface area contributed by atoms with E-state index in [0.717, 1.165) is 44.1 Å². The summed E-state index contributed by atoms with van der Waals surface area (Å²) >= 11 is 7.91. The Balaban J connectivity index is 1.58. The van der Waals surface area contributed by atoms with E-state index in [1.807, 2.05) is 61.5 Å². The van der Waals surface area contributed by atoms with Crippen molar-refractivity contribution < 1.29 is 9.15 Å². The van der Waals surface area contributed by atoms with Crippen LogP contribution in [0.1, 0.15) is 11.1 Å². The maximum atomic E-state index is 12.2. The normalized spacial score (nSPS) is 11.3. The molecule has 160 valence electrons. The van der Waals surface area contributed by atoms with E-state index in [-0.39, 0.29) is 5.63 Å². The number of hydrogen-bond donors (Lipinski definition) is 0. The number of rotatable bonds is 5. The number of aryl methyl sites for hydroxylation is 1. The van der Waals surface area contributed by atoms with Gasteiger partial charge in [0.25, 0.3) is 0 Å². The van der Waals surface area contributed by atoms with Crippen LogP contribution in [0.3, 0.4) is 0 Å². The molecule has 7 heteroatoms. The summed E-state index contributed by atoms with van der Waals surface area (Å²) in [6.45, 7) is 1.89. The van der Waals surface area contributed by atoms with Crippen LogP contribution >= 0.6 is 23.4 Å². The Morgan fingerprint density at radius 2 is 1.88 bits per heavy atom. The van der Waals surface area contributed by atoms with Crippen LogP contribution < -0.4 is 10.4 Å². The second-order valence-corrected chi connectivity index (χ2v) is 8.74. The molecule has 32 heavy (non-hydrogen) atoms. The molecule has 0 amide bonds. The molecule has 0 aliphatic rings. The van der Waals surface area contributed by atoms with E-state index < -0.39 is 0 Å². The zero-order valence-electron chi connectivity index (χ0n) is 17.5. The molecule has 2 heterocycles. The number of halogens is 1. The Labute approximate surface area is 193 Å². The van der Waals surface area contributed by atoms with Crippen LogP contribution in [0, 0.1) is 6.92 Å². The summed E-state index contributed by atoms with van der Waals surface area (Å²) in [5.41, 5.74) is 4.79. The van der Waals surface area contributed by atoms with Crippen molar-refractivity contribution in [2.24, 2.45) is 0 Å². The summed E-state index contributed by atoms with van der Waals surface area (Å²) in [5, 5.41) is 2.30. The molecule has 0 atom stereocenters. The van der Waals surface area contributed by atoms with Gasteiger partial charge in [-0.3, -0.25) is 4.57 Å². The van der Waals surface area contributed by atoms with E-state index >= 15 is 0 Å². The second kappa shape index (κ2) is 8.37. The highest BCUT2D eigenvalue weighted by atomic mass is 35.5. The SMILES string of the molecule is COc1ccc(-n2c(SCc3cc(=O)oc4cc(C)c(Cl)cc34)nc3ccccc32)cc1. The van der Waals surface area contributed by atoms with Crippen molar-refractivity contribution in [1.82, 2.24) is 9.55 Å². The molecule has 5 nitrogen and oxygen atoms in total. The zero-order chi connectivity index (χ0) is 22.2. The van der Waals surface area contributed by atoms with E-state index in [2.05, 4.69) is 4.57 Å². The minimum atomic E-state index is -0.376. The van der Waals surface area contributed by atoms with E-state index in [1.54, 1.807) is 24.9 Å². The van der Waals surface area contributed by atoms with Crippen molar-refractivity contribution in [3.63, 3.8) is 0 Å². The van der Waals surface area contributed by atoms with Gasteiger partial charge >= 0.3 is 5.63 Å². The molecule has 0 saturated carbocycles. The fourth-order valence-electron chi connectivity index (χ4n) is 3.69. The van der Waals surface area contributed by atoms with Crippen LogP contribution in [0.25, 0.3) is 27.7 Å². The molecule has 5 rings (SSSR count). The van der Waals surface area contributed by atoms with Gasteiger partial charge in [-0.1, -0.05) is 35.5 Å². The van der Waals surface area contributed by atoms with Crippen LogP contribution in [0.15, 0.2) is 81.1 Å². The molecule has 0 aliphatic heterocycles. The highest BCUT2D eigenvalue weighted by Gasteiger charge is 2.15. The van der Waals surface area contributed by atoms with Crippen LogP contribution in [-0.4, -0.2) is 16.7 Å². The Morgan fingerprint density at radius 3 is 2.66 bits per heavy atom. The molecule has 0 aliphatic carbocycles. The van der Waals surface area contributed by atoms with Crippen molar-refractivity contribution in [3.05, 3.63) is 93.3 Å². The monoisotopic (exact) mass is 462 g/mol. The topological polar surface area (TPSA) is 57.3 Å². The molecular weight excluding hydrogens is 444 g/mol. The van der Waals surface area contributed by atoms with Crippen molar-refractivity contribution in [2.45, 2.75) is 17.8 Å². The highest BCUT2D eigenvalue weighted by molar-refractivity contribution is 7.98. The van der Waals surface area contributed by atoms with Gasteiger partial charge in [-0.15, -0.1) is 0 Å². The van der Waals surface area contributed by atoms with Gasteiger partial charge in [0, 0.05) is 27.9 Å². The number of para-hydroxylation sites is 2. The molecule has 0 N–H and O–H groups in total. The summed E-state index contributed by atoms with van der Waals surface area (Å²) < 4.78 is 12.8. The van der Waals surface area contributed by atoms with Gasteiger partial charge in [0.15, 0.2) is 5.16 Å². The molecule has 0 unspecified atom stereocenters. The smallest absolute Gasteiger partial charge is 0.336 e. The van der Waals surface area contributed by atoms with Crippen LogP contribution in [0.5, 0.6) is 5.75 Å². The molecule has 0 fully saturated rings. The van der Waals surface area contributed by atoms with Gasteiger partial charge in [0.1, 0.15) is 11.3 Å². The largest absolute Gasteiger partial charge is 0.497 e. The number of aromatic nitrogens is 2. The zero-order valence-corrected chi connectivity index (χ0v) is 19.0. The van der Waals surface area contributed by atoms with Crippen LogP contribution in [-0.2, 0) is 5.75 Å². The number of fused-ring (bicyclic) bond motifs is 2. The van der Waals surface area contributed by atoms with E-state index in [1.165, 1.54) is 6.07 Å². The van der Waals surface area contributed by atoms with Crippen molar-refractivity contribution in [1.29, 1.82) is 0 Å². The van der Waals surface area contributed by atoms with Crippen LogP contribution in [0.4, 0.5) is 0 Å². The van der Waals surface area contributed by atoms with E-state index in [4.69, 9.17) is 25.7 Å². The summed E-state index contributed by atoms with van der Waals surface area (Å²) in [6.07, 6.45) is 0. The van der Waals surface area contributed by atoms with Gasteiger partial charge in [-0.25, -0.2) is 9.78 Å². The molecule has 5 aromatic rings. The van der Waals surface area contributed by atoms with Gasteiger partial charge in [0.05, 0.1) is 18.1 Å². The maximum Gasteiger partial charge on any atom is 0.336 e. The minimum Gasteiger partial charge on any atom is -0.497 e. The molecule has 3 aromatic carbocycles. The Morgan fingerprint density at radius 1 is 1.09 bits per heavy atom. The van der Waals surface area contributed by atoms with Crippen molar-refractivity contribution in [3.8, 4) is 11.4 Å². The Hall–Kier alpha value is -3.22. The number of hydrogen-bond acceptors (Lipinski definition) is 5. The lowest BCUT2D eigenvalue weighted by molar-refractivity contribution is 0.414. The fourth-order valence-corrected chi connectivity index (χ4v) is 4.87. The number of thioether (sulfide) groups is 1. The standard InChI is InChI=1S/C25H19ClN2O3S/c1-15-11-23-19(13-20(15)26)16(12-24(29)31-23)14-32-25-27-21-5-3-4-6-22(21)28(25)17-7-9-18(30-2)10-8-17/h3-13H,14H2,1-2H3. The highest BCUT2D eigenvalue weighted by Crippen LogP contribution is 2.33. The van der Waals surface area contributed by atoms with E-state index in [9.17, 15) is 4.79 Å². The van der Waals surface area contributed by atoms with E-state index in [0.29, 0.717) is 16.4 Å². The number of imidazole rings is 1. The molecule has 2 aromatic heterocycles. The third kappa shape index (κ3) is 3.76. The second-order valence-electron chi connectivity index (χ2n) is 7.39. The van der Waals surface area contributed by atoms with Crippen LogP contribution in [0.2, 0.25) is 5.02 Å². The van der Waals surface area contributed by atoms with Crippen molar-refractivity contribution in [2.75, 3.05) is 7.11 Å². The Kier molecular flexibility index (Phi) is 5.41. The minimum absolute atomic E-state index is 0.376. The van der Waals surface area contributed by atoms with Crippen molar-refractivity contribution >= 4 is 45.4 Å². The van der Waals surface area contributed by atoms with Gasteiger partial charge < -0.3 is 9.15 Å². The first-order valence-corrected chi connectivity index (χ1v) is 11.4. The first-order valence-electron chi connectivity index (χ1n) is 10.0. The third-order valence-electron chi connectivity index (χ3n) is 5.33. The third-order valence-corrected chi connectivity index (χ3v) is 6.72. The lowest BCUT2D eigenvalue weighted by atomic mass is 10.1. The summed E-state index contributed by atoms with van der Waals surface area (Å²) in [7, 11) is 1.65. The lowest BCUT2D eigenvalue weighted by Gasteiger charge is -2.11. The number of nitrogens with zero attached hydrogens (tertiary/aromatic N) is 2. The molecule has 0 saturated heterocycles. The predicted octanol–water partition coefficient (Wildman–Crippen LogP) is 6.39. The number of ether oxygens (including phenoxy) is 1.